The third-order valence-electron chi connectivity index (χ3n) is 3.19. The highest BCUT2D eigenvalue weighted by Crippen LogP contribution is 2.16. The van der Waals surface area contributed by atoms with E-state index in [0.29, 0.717) is 16.4 Å². The minimum Gasteiger partial charge on any atom is -0.453 e. The molecule has 0 unspecified atom stereocenters. The molecule has 7 heteroatoms. The van der Waals surface area contributed by atoms with E-state index >= 15 is 0 Å². The van der Waals surface area contributed by atoms with E-state index in [1.165, 1.54) is 4.80 Å². The number of carbonyl (C=O) groups excluding carboxylic acids is 2. The van der Waals surface area contributed by atoms with Crippen molar-refractivity contribution in [1.29, 1.82) is 0 Å². The number of aryl methyl sites for hydroxylation is 1. The van der Waals surface area contributed by atoms with Crippen molar-refractivity contribution in [2.45, 2.75) is 27.7 Å². The summed E-state index contributed by atoms with van der Waals surface area (Å²) in [6.45, 7) is 6.67. The lowest BCUT2D eigenvalue weighted by Gasteiger charge is -2.15. The first kappa shape index (κ1) is 17.1. The number of halogens is 1. The zero-order valence-corrected chi connectivity index (χ0v) is 14.2. The van der Waals surface area contributed by atoms with E-state index in [0.717, 1.165) is 0 Å². The molecular formula is C16H18ClN3O3. The number of esters is 1. The Labute approximate surface area is 139 Å². The van der Waals surface area contributed by atoms with Crippen molar-refractivity contribution in [3.8, 4) is 5.69 Å². The smallest absolute Gasteiger partial charge is 0.361 e. The van der Waals surface area contributed by atoms with E-state index in [4.69, 9.17) is 16.3 Å². The average molecular weight is 336 g/mol. The van der Waals surface area contributed by atoms with Crippen molar-refractivity contribution in [3.05, 3.63) is 40.7 Å². The molecule has 0 spiro atoms. The number of hydrogen-bond acceptors (Lipinski definition) is 5. The van der Waals surface area contributed by atoms with Gasteiger partial charge in [0.15, 0.2) is 18.1 Å². The third-order valence-corrected chi connectivity index (χ3v) is 3.42. The third kappa shape index (κ3) is 4.16. The zero-order valence-electron chi connectivity index (χ0n) is 13.5. The first-order valence-electron chi connectivity index (χ1n) is 7.09. The van der Waals surface area contributed by atoms with Gasteiger partial charge in [-0.25, -0.2) is 4.79 Å². The molecule has 0 saturated carbocycles. The molecule has 0 bridgehead atoms. The second-order valence-corrected chi connectivity index (χ2v) is 6.59. The van der Waals surface area contributed by atoms with Crippen LogP contribution >= 0.6 is 11.6 Å². The molecule has 0 N–H and O–H groups in total. The SMILES string of the molecule is Cc1nn(-c2cccc(Cl)c2)nc1C(=O)OCC(=O)C(C)(C)C. The van der Waals surface area contributed by atoms with E-state index in [1.807, 2.05) is 0 Å². The Morgan fingerprint density at radius 2 is 1.96 bits per heavy atom. The van der Waals surface area contributed by atoms with Crippen LogP contribution in [0.3, 0.4) is 0 Å². The number of ether oxygens (including phenoxy) is 1. The van der Waals surface area contributed by atoms with Crippen LogP contribution < -0.4 is 0 Å². The normalized spacial score (nSPS) is 11.3. The Hall–Kier alpha value is -2.21. The summed E-state index contributed by atoms with van der Waals surface area (Å²) in [4.78, 5) is 25.2. The molecule has 0 atom stereocenters. The zero-order chi connectivity index (χ0) is 17.2. The van der Waals surface area contributed by atoms with Gasteiger partial charge >= 0.3 is 5.97 Å². The van der Waals surface area contributed by atoms with Crippen LogP contribution in [0, 0.1) is 12.3 Å². The van der Waals surface area contributed by atoms with E-state index in [1.54, 1.807) is 52.0 Å². The van der Waals surface area contributed by atoms with Gasteiger partial charge in [0, 0.05) is 10.4 Å². The summed E-state index contributed by atoms with van der Waals surface area (Å²) in [5, 5.41) is 8.84. The fraction of sp³-hybridized carbons (Fsp3) is 0.375. The van der Waals surface area contributed by atoms with Crippen molar-refractivity contribution in [1.82, 2.24) is 15.0 Å². The van der Waals surface area contributed by atoms with E-state index in [2.05, 4.69) is 10.2 Å². The maximum absolute atomic E-state index is 12.1. The van der Waals surface area contributed by atoms with Gasteiger partial charge in [-0.15, -0.1) is 5.10 Å². The Morgan fingerprint density at radius 1 is 1.26 bits per heavy atom. The van der Waals surface area contributed by atoms with Gasteiger partial charge in [0.2, 0.25) is 0 Å². The van der Waals surface area contributed by atoms with E-state index in [-0.39, 0.29) is 18.1 Å². The molecule has 23 heavy (non-hydrogen) atoms. The largest absolute Gasteiger partial charge is 0.453 e. The number of benzene rings is 1. The van der Waals surface area contributed by atoms with Gasteiger partial charge in [-0.2, -0.15) is 9.90 Å². The lowest BCUT2D eigenvalue weighted by molar-refractivity contribution is -0.129. The van der Waals surface area contributed by atoms with Crippen LogP contribution in [0.2, 0.25) is 5.02 Å². The quantitative estimate of drug-likeness (QED) is 0.803. The number of carbonyl (C=O) groups is 2. The maximum atomic E-state index is 12.1. The number of nitrogens with zero attached hydrogens (tertiary/aromatic N) is 3. The summed E-state index contributed by atoms with van der Waals surface area (Å²) in [6.07, 6.45) is 0. The molecule has 1 heterocycles. The van der Waals surface area contributed by atoms with Gasteiger partial charge in [-0.05, 0) is 25.1 Å². The first-order valence-corrected chi connectivity index (χ1v) is 7.46. The Bertz CT molecular complexity index is 747. The topological polar surface area (TPSA) is 74.1 Å². The van der Waals surface area contributed by atoms with Crippen LogP contribution in [0.5, 0.6) is 0 Å². The van der Waals surface area contributed by atoms with Crippen molar-refractivity contribution >= 4 is 23.4 Å². The summed E-state index contributed by atoms with van der Waals surface area (Å²) in [5.74, 6) is -0.834. The summed E-state index contributed by atoms with van der Waals surface area (Å²) >= 11 is 5.93. The Kier molecular flexibility index (Phi) is 4.85. The van der Waals surface area contributed by atoms with Gasteiger partial charge in [0.05, 0.1) is 11.4 Å². The molecule has 2 rings (SSSR count). The second kappa shape index (κ2) is 6.50. The summed E-state index contributed by atoms with van der Waals surface area (Å²) < 4.78 is 5.04. The molecule has 1 aromatic heterocycles. The molecule has 0 aliphatic carbocycles. The number of hydrogen-bond donors (Lipinski definition) is 0. The molecule has 0 saturated heterocycles. The maximum Gasteiger partial charge on any atom is 0.361 e. The molecule has 6 nitrogen and oxygen atoms in total. The van der Waals surface area contributed by atoms with Crippen molar-refractivity contribution < 1.29 is 14.3 Å². The van der Waals surface area contributed by atoms with Gasteiger partial charge < -0.3 is 4.74 Å². The first-order chi connectivity index (χ1) is 10.7. The van der Waals surface area contributed by atoms with Crippen LogP contribution in [0.1, 0.15) is 37.0 Å². The molecule has 0 fully saturated rings. The van der Waals surface area contributed by atoms with Crippen LogP contribution in [0.15, 0.2) is 24.3 Å². The standard InChI is InChI=1S/C16H18ClN3O3/c1-10-14(15(22)23-9-13(21)16(2,3)4)19-20(18-10)12-7-5-6-11(17)8-12/h5-8H,9H2,1-4H3. The van der Waals surface area contributed by atoms with Crippen LogP contribution in [-0.2, 0) is 9.53 Å². The number of rotatable bonds is 4. The minimum absolute atomic E-state index is 0.0756. The van der Waals surface area contributed by atoms with Crippen LogP contribution in [0.4, 0.5) is 0 Å². The van der Waals surface area contributed by atoms with Gasteiger partial charge in [0.1, 0.15) is 0 Å². The van der Waals surface area contributed by atoms with Crippen molar-refractivity contribution in [2.75, 3.05) is 6.61 Å². The predicted octanol–water partition coefficient (Wildman–Crippen LogP) is 3.00. The fourth-order valence-electron chi connectivity index (χ4n) is 1.70. The highest BCUT2D eigenvalue weighted by molar-refractivity contribution is 6.30. The molecule has 0 radical (unpaired) electrons. The van der Waals surface area contributed by atoms with Gasteiger partial charge in [-0.1, -0.05) is 38.4 Å². The van der Waals surface area contributed by atoms with E-state index in [9.17, 15) is 9.59 Å². The second-order valence-electron chi connectivity index (χ2n) is 6.15. The molecule has 0 aliphatic heterocycles. The lowest BCUT2D eigenvalue weighted by atomic mass is 9.91. The van der Waals surface area contributed by atoms with Crippen LogP contribution in [-0.4, -0.2) is 33.4 Å². The molecule has 0 aliphatic rings. The van der Waals surface area contributed by atoms with Gasteiger partial charge in [0.25, 0.3) is 0 Å². The minimum atomic E-state index is -0.673. The Balaban J connectivity index is 2.15. The van der Waals surface area contributed by atoms with Crippen molar-refractivity contribution in [3.63, 3.8) is 0 Å². The van der Waals surface area contributed by atoms with Gasteiger partial charge in [-0.3, -0.25) is 4.79 Å². The summed E-state index contributed by atoms with van der Waals surface area (Å²) in [6, 6.07) is 6.94. The van der Waals surface area contributed by atoms with Crippen molar-refractivity contribution in [2.24, 2.45) is 5.41 Å². The molecule has 1 aromatic carbocycles. The predicted molar refractivity (Wildman–Crippen MR) is 85.9 cm³/mol. The number of Topliss-reactive ketones (excluding diaryl/α,β-unsaturated/α-hetero) is 1. The summed E-state index contributed by atoms with van der Waals surface area (Å²) in [5.41, 5.74) is 0.559. The molecule has 2 aromatic rings. The lowest BCUT2D eigenvalue weighted by Crippen LogP contribution is -2.26. The molecule has 0 amide bonds. The monoisotopic (exact) mass is 335 g/mol. The number of aromatic nitrogens is 3. The average Bonchev–Trinajstić information content (AvgIpc) is 2.85. The fourth-order valence-corrected chi connectivity index (χ4v) is 1.88. The number of ketones is 1. The van der Waals surface area contributed by atoms with E-state index < -0.39 is 11.4 Å². The highest BCUT2D eigenvalue weighted by atomic mass is 35.5. The Morgan fingerprint density at radius 3 is 2.57 bits per heavy atom. The molecular weight excluding hydrogens is 318 g/mol. The summed E-state index contributed by atoms with van der Waals surface area (Å²) in [7, 11) is 0. The highest BCUT2D eigenvalue weighted by Gasteiger charge is 2.24. The van der Waals surface area contributed by atoms with Crippen LogP contribution in [0.25, 0.3) is 5.69 Å². The molecule has 122 valence electrons.